The van der Waals surface area contributed by atoms with Gasteiger partial charge in [0.1, 0.15) is 12.1 Å². The molecule has 3 saturated carbocycles. The summed E-state index contributed by atoms with van der Waals surface area (Å²) in [5, 5.41) is 34.1. The van der Waals surface area contributed by atoms with Gasteiger partial charge in [0.2, 0.25) is 17.7 Å². The maximum atomic E-state index is 13.7. The lowest BCUT2D eigenvalue weighted by atomic mass is 9.78. The second-order valence-corrected chi connectivity index (χ2v) is 47.3. The Bertz CT molecular complexity index is 6280. The minimum absolute atomic E-state index is 0.0592. The van der Waals surface area contributed by atoms with Gasteiger partial charge in [0, 0.05) is 164 Å². The largest absolute Gasteiger partial charge is 0.481 e. The number of nitrogens with one attached hydrogen (secondary N) is 2. The Labute approximate surface area is 865 Å². The van der Waals surface area contributed by atoms with Crippen LogP contribution in [0.15, 0.2) is 207 Å². The number of carbonyl (C=O) groups is 9. The van der Waals surface area contributed by atoms with Gasteiger partial charge in [-0.25, -0.2) is 19.9 Å². The molecule has 0 spiro atoms. The zero-order chi connectivity index (χ0) is 103. The number of ketones is 1. The van der Waals surface area contributed by atoms with Gasteiger partial charge in [0.15, 0.2) is 17.4 Å². The summed E-state index contributed by atoms with van der Waals surface area (Å²) < 4.78 is 0. The number of carboxylic acids is 3. The molecule has 3 aliphatic carbocycles. The lowest BCUT2D eigenvalue weighted by molar-refractivity contribution is -0.155. The fraction of sp³-hybridized carbons (Fsp3) is 0.454. The number of anilines is 2. The standard InChI is InChI=1S/C40H52N4O4S.C40H46N4O4S.C39H43N3O4S/c1-5-27-6-10-29(11-7-27)30-12-16-33(17-13-30)43-22-20-42(21-23-43)32-14-8-28(9-15-32)24-34(38(46)44-25-31(26-44)39(47)48)41-37(45)35-18-19-36(49-35)40(2,3)4;1-5-25-6-10-27(11-7-25)28-14-16-29(17-15-28)31-21-41-36(42-22-31)30-12-8-26(9-13-30)20-33(38(46)44-23-32(24-44)39(47)48)43-37(45)34-18-19-35(49-34)40(2,3)4;1-39(2,3)35-17-16-34(47-35)33(43)21-31(37(44)42-19-18-30(24-42)38(45)46)20-25-8-10-29(11-9-25)36-40-22-32(23-41-36)28-14-12-27(13-15-28)26-6-4-5-7-26/h8-9,12-19,27,29,31,34H,5-7,10-11,20-26H2,1-4H3,(H,41,45)(H,47,48);8-9,12-19,21-22,25,27,32-33H,5-7,10-11,20,23-24H2,1-4H3,(H,43,45)(H,47,48);8-17,22-23,26,30-31H,4-7,18-21,24H2,1-3H3,(H,45,46)/t27?,29?,34-;25?,27?,33-;30-,31+/m000/s1. The molecule has 0 bridgehead atoms. The van der Waals surface area contributed by atoms with Crippen LogP contribution in [0.5, 0.6) is 0 Å². The maximum absolute atomic E-state index is 13.7. The van der Waals surface area contributed by atoms with Crippen molar-refractivity contribution in [2.45, 2.75) is 244 Å². The highest BCUT2D eigenvalue weighted by molar-refractivity contribution is 7.15. The predicted molar refractivity (Wildman–Crippen MR) is 577 cm³/mol. The molecule has 0 radical (unpaired) electrons. The quantitative estimate of drug-likeness (QED) is 0.0261. The fourth-order valence-electron chi connectivity index (χ4n) is 21.1. The first-order valence-corrected chi connectivity index (χ1v) is 54.7. The van der Waals surface area contributed by atoms with Crippen molar-refractivity contribution in [1.82, 2.24) is 45.3 Å². The second-order valence-electron chi connectivity index (χ2n) is 44.1. The topological polar surface area (TPSA) is 306 Å². The lowest BCUT2D eigenvalue weighted by Crippen LogP contribution is -2.59. The molecule has 145 heavy (non-hydrogen) atoms. The van der Waals surface area contributed by atoms with Crippen LogP contribution in [-0.2, 0) is 64.3 Å². The van der Waals surface area contributed by atoms with Crippen molar-refractivity contribution in [3.63, 3.8) is 0 Å². The van der Waals surface area contributed by atoms with Crippen LogP contribution in [0.3, 0.4) is 0 Å². The molecule has 6 aromatic carbocycles. The van der Waals surface area contributed by atoms with Gasteiger partial charge >= 0.3 is 17.9 Å². The summed E-state index contributed by atoms with van der Waals surface area (Å²) in [5.41, 5.74) is 15.1. The van der Waals surface area contributed by atoms with E-state index in [9.17, 15) is 58.5 Å². The number of carbonyl (C=O) groups excluding carboxylic acids is 6. The number of aromatic nitrogens is 4. The Kier molecular flexibility index (Phi) is 34.2. The van der Waals surface area contributed by atoms with Crippen molar-refractivity contribution < 1.29 is 58.5 Å². The molecule has 5 N–H and O–H groups in total. The predicted octanol–water partition coefficient (Wildman–Crippen LogP) is 22.9. The lowest BCUT2D eigenvalue weighted by Gasteiger charge is -2.39. The minimum atomic E-state index is -0.915. The third-order valence-corrected chi connectivity index (χ3v) is 35.3. The van der Waals surface area contributed by atoms with E-state index in [2.05, 4.69) is 201 Å². The molecule has 23 nitrogen and oxygen atoms in total. The van der Waals surface area contributed by atoms with E-state index in [0.717, 1.165) is 108 Å². The van der Waals surface area contributed by atoms with Crippen LogP contribution in [0.4, 0.5) is 11.4 Å². The molecular weight excluding hydrogens is 1870 g/mol. The monoisotopic (exact) mass is 2010 g/mol. The van der Waals surface area contributed by atoms with E-state index in [-0.39, 0.29) is 97.1 Å². The van der Waals surface area contributed by atoms with E-state index in [0.29, 0.717) is 69.8 Å². The maximum Gasteiger partial charge on any atom is 0.310 e. The van der Waals surface area contributed by atoms with Crippen LogP contribution >= 0.6 is 34.0 Å². The summed E-state index contributed by atoms with van der Waals surface area (Å²) in [6, 6.07) is 60.6. The Balaban J connectivity index is 0.000000156. The van der Waals surface area contributed by atoms with Crippen LogP contribution in [0.25, 0.3) is 45.0 Å². The third-order valence-electron chi connectivity index (χ3n) is 30.7. The number of hydrogen-bond donors (Lipinski definition) is 5. The van der Waals surface area contributed by atoms with Crippen molar-refractivity contribution >= 4 is 98.6 Å². The summed E-state index contributed by atoms with van der Waals surface area (Å²) in [6.07, 6.45) is 27.3. The number of aliphatic carboxylic acids is 3. The normalized spacial score (nSPS) is 19.1. The summed E-state index contributed by atoms with van der Waals surface area (Å²) >= 11 is 4.34. The molecule has 7 aliphatic rings. The van der Waals surface area contributed by atoms with E-state index in [1.165, 1.54) is 156 Å². The first kappa shape index (κ1) is 105. The number of Topliss-reactive ketones (excluding diaryl/α,β-unsaturated/α-hetero) is 1. The smallest absolute Gasteiger partial charge is 0.310 e. The van der Waals surface area contributed by atoms with E-state index in [1.807, 2.05) is 116 Å². The Morgan fingerprint density at radius 3 is 1.02 bits per heavy atom. The average Bonchev–Trinajstić information content (AvgIpc) is 1.08. The van der Waals surface area contributed by atoms with Gasteiger partial charge in [-0.3, -0.25) is 43.2 Å². The fourth-order valence-corrected chi connectivity index (χ4v) is 24.1. The molecule has 7 fully saturated rings. The van der Waals surface area contributed by atoms with E-state index in [1.54, 1.807) is 11.0 Å². The molecular formula is C119H141N11O12S3. The number of thiophene rings is 3. The molecule has 5 amide bonds. The van der Waals surface area contributed by atoms with Crippen molar-refractivity contribution in [3.05, 3.63) is 269 Å². The molecule has 5 aromatic heterocycles. The molecule has 4 atom stereocenters. The Morgan fingerprint density at radius 2 is 0.669 bits per heavy atom. The van der Waals surface area contributed by atoms with E-state index < -0.39 is 53.7 Å². The van der Waals surface area contributed by atoms with Crippen LogP contribution in [-0.4, -0.2) is 181 Å². The molecule has 18 rings (SSSR count). The SMILES string of the molecule is CC(C)(C)c1ccc(C(=O)C[C@@H](Cc2ccc(-c3ncc(-c4ccc(C5CCCC5)cc4)cn3)cc2)C(=O)N2CC[C@H](C(=O)O)C2)s1.CCC1CCC(c2ccc(-c3cnc(-c4ccc(C[C@H](NC(=O)c5ccc(C(C)(C)C)s5)C(=O)N5CC(C(=O)O)C5)cc4)nc3)cc2)CC1.CCC1CCC(c2ccc(N3CCN(c4ccc(C[C@H](NC(=O)c5ccc(C(C)(C)C)s5)C(=O)N5CC(C(=O)O)C5)cc4)CC3)cc2)CC1. The Hall–Kier alpha value is -12.4. The number of rotatable bonds is 30. The summed E-state index contributed by atoms with van der Waals surface area (Å²) in [4.78, 5) is 148. The number of likely N-dealkylation sites (tertiary alicyclic amines) is 3. The van der Waals surface area contributed by atoms with E-state index in [4.69, 9.17) is 0 Å². The summed E-state index contributed by atoms with van der Waals surface area (Å²) in [7, 11) is 0. The molecule has 9 heterocycles. The van der Waals surface area contributed by atoms with Gasteiger partial charge in [-0.1, -0.05) is 223 Å². The number of amides is 5. The van der Waals surface area contributed by atoms with Crippen molar-refractivity contribution in [2.75, 3.05) is 75.2 Å². The van der Waals surface area contributed by atoms with Crippen LogP contribution in [0.2, 0.25) is 0 Å². The van der Waals surface area contributed by atoms with E-state index >= 15 is 0 Å². The highest BCUT2D eigenvalue weighted by atomic mass is 32.1. The molecule has 0 unspecified atom stereocenters. The van der Waals surface area contributed by atoms with Crippen LogP contribution in [0.1, 0.15) is 274 Å². The molecule has 4 saturated heterocycles. The van der Waals surface area contributed by atoms with Gasteiger partial charge in [0.25, 0.3) is 11.8 Å². The van der Waals surface area contributed by atoms with Gasteiger partial charge < -0.3 is 50.5 Å². The zero-order valence-electron chi connectivity index (χ0n) is 85.8. The van der Waals surface area contributed by atoms with Crippen molar-refractivity contribution in [2.24, 2.45) is 35.5 Å². The van der Waals surface area contributed by atoms with Crippen molar-refractivity contribution in [1.29, 1.82) is 0 Å². The minimum Gasteiger partial charge on any atom is -0.481 e. The molecule has 762 valence electrons. The van der Waals surface area contributed by atoms with Crippen LogP contribution in [0, 0.1) is 35.5 Å². The molecule has 4 aliphatic heterocycles. The number of nitrogens with zero attached hydrogens (tertiary/aromatic N) is 9. The van der Waals surface area contributed by atoms with Crippen LogP contribution < -0.4 is 20.4 Å². The number of benzene rings is 6. The van der Waals surface area contributed by atoms with Crippen molar-refractivity contribution in [3.8, 4) is 45.0 Å². The van der Waals surface area contributed by atoms with Gasteiger partial charge in [0.05, 0.1) is 32.4 Å². The molecule has 26 heteroatoms. The highest BCUT2D eigenvalue weighted by Gasteiger charge is 2.43. The summed E-state index contributed by atoms with van der Waals surface area (Å²) in [5.74, 6) is -1.22. The first-order valence-electron chi connectivity index (χ1n) is 52.2. The summed E-state index contributed by atoms with van der Waals surface area (Å²) in [6.45, 7) is 28.5. The van der Waals surface area contributed by atoms with Gasteiger partial charge in [-0.15, -0.1) is 34.0 Å². The third kappa shape index (κ3) is 26.9. The second kappa shape index (κ2) is 47.0. The number of carboxylic acid groups (broad SMARTS) is 3. The average molecular weight is 2010 g/mol. The first-order chi connectivity index (χ1) is 69.5. The zero-order valence-corrected chi connectivity index (χ0v) is 88.2. The molecule has 11 aromatic rings. The number of piperazine rings is 1. The highest BCUT2D eigenvalue weighted by Crippen LogP contribution is 2.43. The van der Waals surface area contributed by atoms with Gasteiger partial charge in [-0.2, -0.15) is 0 Å². The van der Waals surface area contributed by atoms with Gasteiger partial charge in [-0.05, 0) is 228 Å². The Morgan fingerprint density at radius 1 is 0.345 bits per heavy atom. The number of hydrogen-bond acceptors (Lipinski definition) is 18.